The Morgan fingerprint density at radius 3 is 2.67 bits per heavy atom. The number of hydrogen-bond donors (Lipinski definition) is 1. The molecule has 2 rings (SSSR count). The van der Waals surface area contributed by atoms with E-state index in [2.05, 4.69) is 37.1 Å². The first-order chi connectivity index (χ1) is 10.2. The summed E-state index contributed by atoms with van der Waals surface area (Å²) >= 11 is 0. The van der Waals surface area contributed by atoms with Gasteiger partial charge in [0.15, 0.2) is 0 Å². The monoisotopic (exact) mass is 294 g/mol. The summed E-state index contributed by atoms with van der Waals surface area (Å²) in [7, 11) is 0. The molecule has 0 radical (unpaired) electrons. The molecule has 0 amide bonds. The predicted octanol–water partition coefficient (Wildman–Crippen LogP) is 2.69. The maximum atomic E-state index is 5.53. The molecular weight excluding hydrogens is 264 g/mol. The van der Waals surface area contributed by atoms with Crippen molar-refractivity contribution < 1.29 is 9.15 Å². The summed E-state index contributed by atoms with van der Waals surface area (Å²) in [6.45, 7) is 11.7. The smallest absolute Gasteiger partial charge is 0.0935 e. The summed E-state index contributed by atoms with van der Waals surface area (Å²) in [5, 5.41) is 3.77. The number of hydrogen-bond acceptors (Lipinski definition) is 4. The molecule has 0 bridgehead atoms. The second-order valence-electron chi connectivity index (χ2n) is 6.15. The molecule has 0 aromatic carbocycles. The van der Waals surface area contributed by atoms with E-state index in [4.69, 9.17) is 9.15 Å². The first-order valence-electron chi connectivity index (χ1n) is 8.28. The van der Waals surface area contributed by atoms with E-state index in [1.807, 2.05) is 6.26 Å². The number of nitrogens with one attached hydrogen (secondary N) is 1. The van der Waals surface area contributed by atoms with Crippen molar-refractivity contribution in [1.29, 1.82) is 0 Å². The molecule has 0 aliphatic carbocycles. The zero-order valence-corrected chi connectivity index (χ0v) is 13.7. The molecule has 2 heterocycles. The van der Waals surface area contributed by atoms with Gasteiger partial charge in [-0.05, 0) is 44.4 Å². The molecule has 1 saturated heterocycles. The number of nitrogens with zero attached hydrogens (tertiary/aromatic N) is 1. The highest BCUT2D eigenvalue weighted by molar-refractivity contribution is 5.11. The van der Waals surface area contributed by atoms with Crippen molar-refractivity contribution in [3.8, 4) is 0 Å². The van der Waals surface area contributed by atoms with Crippen LogP contribution >= 0.6 is 0 Å². The van der Waals surface area contributed by atoms with Gasteiger partial charge in [0.1, 0.15) is 0 Å². The van der Waals surface area contributed by atoms with Crippen molar-refractivity contribution in [3.63, 3.8) is 0 Å². The Hall–Kier alpha value is -0.840. The summed E-state index contributed by atoms with van der Waals surface area (Å²) < 4.78 is 10.8. The molecule has 1 aliphatic heterocycles. The molecule has 120 valence electrons. The summed E-state index contributed by atoms with van der Waals surface area (Å²) in [5.74, 6) is 0. The Balaban J connectivity index is 2.13. The molecule has 2 unspecified atom stereocenters. The minimum absolute atomic E-state index is 0.149. The molecule has 1 aromatic rings. The summed E-state index contributed by atoms with van der Waals surface area (Å²) in [4.78, 5) is 2.60. The third kappa shape index (κ3) is 4.09. The highest BCUT2D eigenvalue weighted by Crippen LogP contribution is 2.27. The van der Waals surface area contributed by atoms with Crippen molar-refractivity contribution in [2.45, 2.75) is 51.6 Å². The van der Waals surface area contributed by atoms with E-state index < -0.39 is 0 Å². The van der Waals surface area contributed by atoms with Crippen LogP contribution in [0.4, 0.5) is 0 Å². The molecule has 0 saturated carbocycles. The van der Waals surface area contributed by atoms with Crippen molar-refractivity contribution in [2.24, 2.45) is 0 Å². The molecule has 1 aromatic heterocycles. The highest BCUT2D eigenvalue weighted by atomic mass is 16.5. The lowest BCUT2D eigenvalue weighted by Crippen LogP contribution is -2.62. The fourth-order valence-corrected chi connectivity index (χ4v) is 3.24. The predicted molar refractivity (Wildman–Crippen MR) is 85.6 cm³/mol. The molecule has 4 nitrogen and oxygen atoms in total. The molecule has 1 N–H and O–H groups in total. The van der Waals surface area contributed by atoms with Crippen LogP contribution in [0.1, 0.15) is 39.2 Å². The number of rotatable bonds is 8. The lowest BCUT2D eigenvalue weighted by atomic mass is 9.83. The first kappa shape index (κ1) is 16.5. The van der Waals surface area contributed by atoms with Gasteiger partial charge in [-0.25, -0.2) is 0 Å². The van der Waals surface area contributed by atoms with Crippen molar-refractivity contribution in [3.05, 3.63) is 24.2 Å². The van der Waals surface area contributed by atoms with Crippen LogP contribution < -0.4 is 5.32 Å². The van der Waals surface area contributed by atoms with E-state index in [1.165, 1.54) is 5.56 Å². The Bertz CT molecular complexity index is 388. The fraction of sp³-hybridized carbons (Fsp3) is 0.765. The van der Waals surface area contributed by atoms with Crippen LogP contribution in [-0.4, -0.2) is 49.3 Å². The largest absolute Gasteiger partial charge is 0.472 e. The van der Waals surface area contributed by atoms with Gasteiger partial charge in [0.05, 0.1) is 25.7 Å². The van der Waals surface area contributed by atoms with Gasteiger partial charge in [-0.15, -0.1) is 0 Å². The normalized spacial score (nSPS) is 21.1. The molecule has 1 fully saturated rings. The highest BCUT2D eigenvalue weighted by Gasteiger charge is 2.38. The second-order valence-corrected chi connectivity index (χ2v) is 6.15. The lowest BCUT2D eigenvalue weighted by molar-refractivity contribution is -0.0322. The number of morpholine rings is 1. The Morgan fingerprint density at radius 1 is 1.33 bits per heavy atom. The van der Waals surface area contributed by atoms with Gasteiger partial charge in [-0.3, -0.25) is 4.90 Å². The fourth-order valence-electron chi connectivity index (χ4n) is 3.24. The van der Waals surface area contributed by atoms with Gasteiger partial charge < -0.3 is 14.5 Å². The SMILES string of the molecule is CCCNC(Cc1ccoc1)C(C)(CC)N1CCOCC1. The van der Waals surface area contributed by atoms with Crippen LogP contribution in [0.15, 0.2) is 23.0 Å². The van der Waals surface area contributed by atoms with E-state index in [0.29, 0.717) is 6.04 Å². The average molecular weight is 294 g/mol. The van der Waals surface area contributed by atoms with Crippen LogP contribution in [0.5, 0.6) is 0 Å². The molecule has 4 heteroatoms. The minimum atomic E-state index is 0.149. The van der Waals surface area contributed by atoms with Gasteiger partial charge >= 0.3 is 0 Å². The third-order valence-electron chi connectivity index (χ3n) is 4.86. The summed E-state index contributed by atoms with van der Waals surface area (Å²) in [6, 6.07) is 2.51. The van der Waals surface area contributed by atoms with E-state index in [-0.39, 0.29) is 5.54 Å². The van der Waals surface area contributed by atoms with E-state index in [0.717, 1.165) is 52.1 Å². The van der Waals surface area contributed by atoms with Crippen molar-refractivity contribution in [1.82, 2.24) is 10.2 Å². The van der Waals surface area contributed by atoms with E-state index >= 15 is 0 Å². The minimum Gasteiger partial charge on any atom is -0.472 e. The lowest BCUT2D eigenvalue weighted by Gasteiger charge is -2.48. The van der Waals surface area contributed by atoms with Crippen LogP contribution in [0.2, 0.25) is 0 Å². The molecule has 2 atom stereocenters. The van der Waals surface area contributed by atoms with E-state index in [1.54, 1.807) is 6.26 Å². The molecule has 0 spiro atoms. The van der Waals surface area contributed by atoms with Crippen LogP contribution in [0.3, 0.4) is 0 Å². The zero-order chi connectivity index (χ0) is 15.1. The molecule has 21 heavy (non-hydrogen) atoms. The average Bonchev–Trinajstić information content (AvgIpc) is 3.04. The summed E-state index contributed by atoms with van der Waals surface area (Å²) in [6.07, 6.45) is 6.94. The van der Waals surface area contributed by atoms with Crippen molar-refractivity contribution >= 4 is 0 Å². The number of ether oxygens (including phenoxy) is 1. The van der Waals surface area contributed by atoms with Gasteiger partial charge in [0, 0.05) is 24.7 Å². The standard InChI is InChI=1S/C17H30N2O2/c1-4-7-18-16(13-15-6-10-21-14-15)17(3,5-2)19-8-11-20-12-9-19/h6,10,14,16,18H,4-5,7-9,11-13H2,1-3H3. The first-order valence-corrected chi connectivity index (χ1v) is 8.28. The van der Waals surface area contributed by atoms with Gasteiger partial charge in [0.25, 0.3) is 0 Å². The second kappa shape index (κ2) is 7.97. The third-order valence-corrected chi connectivity index (χ3v) is 4.86. The van der Waals surface area contributed by atoms with Gasteiger partial charge in [0.2, 0.25) is 0 Å². The van der Waals surface area contributed by atoms with Crippen LogP contribution in [0.25, 0.3) is 0 Å². The van der Waals surface area contributed by atoms with Crippen molar-refractivity contribution in [2.75, 3.05) is 32.8 Å². The van der Waals surface area contributed by atoms with Gasteiger partial charge in [-0.1, -0.05) is 13.8 Å². The zero-order valence-electron chi connectivity index (χ0n) is 13.7. The maximum Gasteiger partial charge on any atom is 0.0935 e. The molecular formula is C17H30N2O2. The Labute approximate surface area is 128 Å². The maximum absolute atomic E-state index is 5.53. The van der Waals surface area contributed by atoms with E-state index in [9.17, 15) is 0 Å². The quantitative estimate of drug-likeness (QED) is 0.800. The van der Waals surface area contributed by atoms with Gasteiger partial charge in [-0.2, -0.15) is 0 Å². The molecule has 1 aliphatic rings. The van der Waals surface area contributed by atoms with Crippen LogP contribution in [-0.2, 0) is 11.2 Å². The number of furan rings is 1. The van der Waals surface area contributed by atoms with Crippen LogP contribution in [0, 0.1) is 0 Å². The Kier molecular flexibility index (Phi) is 6.27. The topological polar surface area (TPSA) is 37.6 Å². The summed E-state index contributed by atoms with van der Waals surface area (Å²) in [5.41, 5.74) is 1.42. The Morgan fingerprint density at radius 2 is 2.10 bits per heavy atom.